The van der Waals surface area contributed by atoms with E-state index in [2.05, 4.69) is 17.2 Å². The van der Waals surface area contributed by atoms with Gasteiger partial charge >= 0.3 is 12.0 Å². The molecule has 0 radical (unpaired) electrons. The molecule has 0 saturated heterocycles. The van der Waals surface area contributed by atoms with Crippen LogP contribution in [0.15, 0.2) is 36.9 Å². The van der Waals surface area contributed by atoms with Crippen LogP contribution in [0.4, 0.5) is 10.5 Å². The van der Waals surface area contributed by atoms with Crippen molar-refractivity contribution in [2.24, 2.45) is 0 Å². The second kappa shape index (κ2) is 8.74. The minimum atomic E-state index is -0.432. The Balaban J connectivity index is 2.69. The molecule has 0 unspecified atom stereocenters. The molecule has 0 aliphatic carbocycles. The molecule has 0 aliphatic rings. The summed E-state index contributed by atoms with van der Waals surface area (Å²) in [6, 6.07) is 6.36. The molecular weight excluding hydrogens is 256 g/mol. The highest BCUT2D eigenvalue weighted by Gasteiger charge is 2.13. The molecule has 2 N–H and O–H groups in total. The number of anilines is 1. The normalized spacial score (nSPS) is 9.65. The Labute approximate surface area is 119 Å². The van der Waals surface area contributed by atoms with Gasteiger partial charge < -0.3 is 15.4 Å². The fourth-order valence-electron chi connectivity index (χ4n) is 1.49. The number of urea groups is 1. The Morgan fingerprint density at radius 3 is 2.80 bits per heavy atom. The van der Waals surface area contributed by atoms with Gasteiger partial charge in [-0.2, -0.15) is 0 Å². The van der Waals surface area contributed by atoms with Gasteiger partial charge in [0.15, 0.2) is 0 Å². The summed E-state index contributed by atoms with van der Waals surface area (Å²) in [7, 11) is 0. The molecule has 0 atom stereocenters. The van der Waals surface area contributed by atoms with E-state index in [4.69, 9.17) is 4.74 Å². The summed E-state index contributed by atoms with van der Waals surface area (Å²) in [6.07, 6.45) is 3.35. The fourth-order valence-corrected chi connectivity index (χ4v) is 1.49. The molecule has 0 heterocycles. The zero-order valence-electron chi connectivity index (χ0n) is 11.6. The maximum Gasteiger partial charge on any atom is 0.340 e. The average molecular weight is 276 g/mol. The standard InChI is InChI=1S/C15H20N2O3/c1-3-5-11-20-14(18)12-8-6-7-9-13(12)17-15(19)16-10-4-2/h4,6-9H,2-3,5,10-11H2,1H3,(H2,16,17,19). The lowest BCUT2D eigenvalue weighted by molar-refractivity contribution is 0.0501. The van der Waals surface area contributed by atoms with Gasteiger partial charge in [0, 0.05) is 6.54 Å². The smallest absolute Gasteiger partial charge is 0.340 e. The molecule has 20 heavy (non-hydrogen) atoms. The average Bonchev–Trinajstić information content (AvgIpc) is 2.46. The summed E-state index contributed by atoms with van der Waals surface area (Å²) in [5.74, 6) is -0.432. The van der Waals surface area contributed by atoms with Crippen molar-refractivity contribution in [3.8, 4) is 0 Å². The molecule has 0 saturated carbocycles. The summed E-state index contributed by atoms with van der Waals surface area (Å²) < 4.78 is 5.15. The monoisotopic (exact) mass is 276 g/mol. The molecule has 1 aromatic rings. The van der Waals surface area contributed by atoms with Crippen LogP contribution in [0.3, 0.4) is 0 Å². The number of unbranched alkanes of at least 4 members (excludes halogenated alkanes) is 1. The summed E-state index contributed by atoms with van der Waals surface area (Å²) in [5.41, 5.74) is 0.771. The van der Waals surface area contributed by atoms with Gasteiger partial charge in [0.2, 0.25) is 0 Å². The Hall–Kier alpha value is -2.30. The van der Waals surface area contributed by atoms with Gasteiger partial charge in [-0.3, -0.25) is 0 Å². The number of carbonyl (C=O) groups excluding carboxylic acids is 2. The van der Waals surface area contributed by atoms with Crippen LogP contribution in [0.1, 0.15) is 30.1 Å². The summed E-state index contributed by atoms with van der Waals surface area (Å²) in [4.78, 5) is 23.5. The molecule has 0 spiro atoms. The quantitative estimate of drug-likeness (QED) is 0.457. The molecule has 5 nitrogen and oxygen atoms in total. The lowest BCUT2D eigenvalue weighted by Crippen LogP contribution is -2.29. The molecule has 1 rings (SSSR count). The van der Waals surface area contributed by atoms with Crippen molar-refractivity contribution in [3.63, 3.8) is 0 Å². The Bertz CT molecular complexity index is 472. The van der Waals surface area contributed by atoms with Gasteiger partial charge in [0.25, 0.3) is 0 Å². The molecule has 0 aromatic heterocycles. The van der Waals surface area contributed by atoms with Crippen molar-refractivity contribution in [2.45, 2.75) is 19.8 Å². The third kappa shape index (κ3) is 5.14. The fraction of sp³-hybridized carbons (Fsp3) is 0.333. The van der Waals surface area contributed by atoms with Gasteiger partial charge in [0.1, 0.15) is 0 Å². The first-order chi connectivity index (χ1) is 9.69. The minimum absolute atomic E-state index is 0.345. The number of benzene rings is 1. The van der Waals surface area contributed by atoms with E-state index in [-0.39, 0.29) is 0 Å². The maximum absolute atomic E-state index is 11.9. The van der Waals surface area contributed by atoms with Crippen LogP contribution in [-0.2, 0) is 4.74 Å². The summed E-state index contributed by atoms with van der Waals surface area (Å²) in [5, 5.41) is 5.20. The van der Waals surface area contributed by atoms with Crippen molar-refractivity contribution in [2.75, 3.05) is 18.5 Å². The Morgan fingerprint density at radius 1 is 1.35 bits per heavy atom. The molecule has 0 bridgehead atoms. The SMILES string of the molecule is C=CCNC(=O)Nc1ccccc1C(=O)OCCCC. The summed E-state index contributed by atoms with van der Waals surface area (Å²) >= 11 is 0. The van der Waals surface area contributed by atoms with E-state index in [1.165, 1.54) is 0 Å². The highest BCUT2D eigenvalue weighted by atomic mass is 16.5. The Morgan fingerprint density at radius 2 is 2.10 bits per heavy atom. The highest BCUT2D eigenvalue weighted by Crippen LogP contribution is 2.16. The molecule has 2 amide bonds. The number of hydrogen-bond acceptors (Lipinski definition) is 3. The third-order valence-electron chi connectivity index (χ3n) is 2.53. The second-order valence-corrected chi connectivity index (χ2v) is 4.16. The predicted octanol–water partition coefficient (Wildman–Crippen LogP) is 2.95. The topological polar surface area (TPSA) is 67.4 Å². The van der Waals surface area contributed by atoms with Crippen molar-refractivity contribution < 1.29 is 14.3 Å². The number of rotatable bonds is 7. The Kier molecular flexibility index (Phi) is 6.89. The number of carbonyl (C=O) groups is 2. The first kappa shape index (κ1) is 15.8. The van der Waals surface area contributed by atoms with Gasteiger partial charge in [0.05, 0.1) is 17.9 Å². The van der Waals surface area contributed by atoms with E-state index in [0.29, 0.717) is 24.4 Å². The number of nitrogens with one attached hydrogen (secondary N) is 2. The molecule has 5 heteroatoms. The van der Waals surface area contributed by atoms with Crippen molar-refractivity contribution in [3.05, 3.63) is 42.5 Å². The number of amides is 2. The number of para-hydroxylation sites is 1. The highest BCUT2D eigenvalue weighted by molar-refractivity contribution is 6.00. The molecule has 108 valence electrons. The van der Waals surface area contributed by atoms with Crippen LogP contribution in [-0.4, -0.2) is 25.2 Å². The van der Waals surface area contributed by atoms with E-state index in [1.807, 2.05) is 6.92 Å². The predicted molar refractivity (Wildman–Crippen MR) is 78.9 cm³/mol. The lowest BCUT2D eigenvalue weighted by atomic mass is 10.2. The molecular formula is C15H20N2O3. The van der Waals surface area contributed by atoms with E-state index in [9.17, 15) is 9.59 Å². The van der Waals surface area contributed by atoms with Crippen LogP contribution in [0.5, 0.6) is 0 Å². The minimum Gasteiger partial charge on any atom is -0.462 e. The summed E-state index contributed by atoms with van der Waals surface area (Å²) in [6.45, 7) is 6.27. The first-order valence-electron chi connectivity index (χ1n) is 6.61. The van der Waals surface area contributed by atoms with Crippen molar-refractivity contribution >= 4 is 17.7 Å². The largest absolute Gasteiger partial charge is 0.462 e. The number of esters is 1. The maximum atomic E-state index is 11.9. The van der Waals surface area contributed by atoms with E-state index < -0.39 is 12.0 Å². The zero-order valence-corrected chi connectivity index (χ0v) is 11.6. The van der Waals surface area contributed by atoms with Crippen molar-refractivity contribution in [1.82, 2.24) is 5.32 Å². The van der Waals surface area contributed by atoms with Gasteiger partial charge in [-0.1, -0.05) is 31.6 Å². The molecule has 0 fully saturated rings. The van der Waals surface area contributed by atoms with Gasteiger partial charge in [-0.15, -0.1) is 6.58 Å². The third-order valence-corrected chi connectivity index (χ3v) is 2.53. The van der Waals surface area contributed by atoms with Crippen molar-refractivity contribution in [1.29, 1.82) is 0 Å². The van der Waals surface area contributed by atoms with E-state index in [0.717, 1.165) is 12.8 Å². The van der Waals surface area contributed by atoms with Crippen LogP contribution in [0, 0.1) is 0 Å². The van der Waals surface area contributed by atoms with E-state index in [1.54, 1.807) is 30.3 Å². The van der Waals surface area contributed by atoms with E-state index >= 15 is 0 Å². The number of hydrogen-bond donors (Lipinski definition) is 2. The zero-order chi connectivity index (χ0) is 14.8. The van der Waals surface area contributed by atoms with Crippen LogP contribution in [0.25, 0.3) is 0 Å². The lowest BCUT2D eigenvalue weighted by Gasteiger charge is -2.11. The van der Waals surface area contributed by atoms with Gasteiger partial charge in [-0.05, 0) is 18.6 Å². The molecule has 0 aliphatic heterocycles. The second-order valence-electron chi connectivity index (χ2n) is 4.16. The van der Waals surface area contributed by atoms with Crippen LogP contribution >= 0.6 is 0 Å². The van der Waals surface area contributed by atoms with Gasteiger partial charge in [-0.25, -0.2) is 9.59 Å². The molecule has 1 aromatic carbocycles. The first-order valence-corrected chi connectivity index (χ1v) is 6.61. The number of ether oxygens (including phenoxy) is 1. The van der Waals surface area contributed by atoms with Crippen LogP contribution < -0.4 is 10.6 Å². The van der Waals surface area contributed by atoms with Crippen LogP contribution in [0.2, 0.25) is 0 Å².